The highest BCUT2D eigenvalue weighted by atomic mass is 16.6. The van der Waals surface area contributed by atoms with E-state index in [2.05, 4.69) is 27.4 Å². The van der Waals surface area contributed by atoms with Crippen molar-refractivity contribution in [2.75, 3.05) is 33.5 Å². The lowest BCUT2D eigenvalue weighted by Gasteiger charge is -2.03. The van der Waals surface area contributed by atoms with Crippen molar-refractivity contribution < 1.29 is 34.0 Å². The lowest BCUT2D eigenvalue weighted by atomic mass is 10.4. The molecular weight excluding hydrogens is 256 g/mol. The highest BCUT2D eigenvalue weighted by Gasteiger charge is 2.12. The fraction of sp³-hybridized carbons (Fsp3) is 0.500. The summed E-state index contributed by atoms with van der Waals surface area (Å²) < 4.78 is 13.3. The smallest absolute Gasteiger partial charge is 0.373 e. The minimum Gasteiger partial charge on any atom is -0.463 e. The van der Waals surface area contributed by atoms with Crippen molar-refractivity contribution in [3.05, 3.63) is 24.5 Å². The number of aliphatic hydroxyl groups excluding tert-OH is 2. The Morgan fingerprint density at radius 3 is 1.84 bits per heavy atom. The van der Waals surface area contributed by atoms with Gasteiger partial charge < -0.3 is 24.4 Å². The molecule has 0 aliphatic heterocycles. The van der Waals surface area contributed by atoms with Gasteiger partial charge in [-0.2, -0.15) is 0 Å². The van der Waals surface area contributed by atoms with Crippen molar-refractivity contribution in [3.63, 3.8) is 0 Å². The zero-order valence-electron chi connectivity index (χ0n) is 11.2. The lowest BCUT2D eigenvalue weighted by molar-refractivity contribution is -0.147. The Morgan fingerprint density at radius 2 is 1.53 bits per heavy atom. The number of carbonyl (C=O) groups is 2. The Kier molecular flexibility index (Phi) is 13.2. The number of carbonyl (C=O) groups excluding carboxylic acids is 2. The summed E-state index contributed by atoms with van der Waals surface area (Å²) in [4.78, 5) is 21.4. The van der Waals surface area contributed by atoms with Gasteiger partial charge in [-0.15, -0.1) is 0 Å². The van der Waals surface area contributed by atoms with Crippen LogP contribution in [0, 0.1) is 0 Å². The number of hydrogen-bond acceptors (Lipinski definition) is 7. The molecule has 0 rings (SSSR count). The molecule has 0 aromatic rings. The van der Waals surface area contributed by atoms with E-state index in [4.69, 9.17) is 10.2 Å². The number of rotatable bonds is 7. The lowest BCUT2D eigenvalue weighted by Crippen LogP contribution is -2.12. The van der Waals surface area contributed by atoms with Crippen molar-refractivity contribution in [2.45, 2.75) is 6.92 Å². The molecule has 0 aromatic carbocycles. The third-order valence-electron chi connectivity index (χ3n) is 1.45. The third-order valence-corrected chi connectivity index (χ3v) is 1.45. The molecule has 0 radical (unpaired) electrons. The van der Waals surface area contributed by atoms with Crippen molar-refractivity contribution in [2.24, 2.45) is 0 Å². The van der Waals surface area contributed by atoms with Crippen LogP contribution in [0.5, 0.6) is 0 Å². The summed E-state index contributed by atoms with van der Waals surface area (Å²) in [5, 5.41) is 16.2. The first-order valence-electron chi connectivity index (χ1n) is 5.35. The predicted octanol–water partition coefficient (Wildman–Crippen LogP) is -0.220. The van der Waals surface area contributed by atoms with E-state index in [1.165, 1.54) is 14.0 Å². The molecule has 0 unspecified atom stereocenters. The second kappa shape index (κ2) is 12.7. The average molecular weight is 276 g/mol. The zero-order chi connectivity index (χ0) is 15.3. The molecule has 0 spiro atoms. The highest BCUT2D eigenvalue weighted by molar-refractivity contribution is 5.93. The molecule has 0 saturated heterocycles. The molecular formula is C12H20O7. The van der Waals surface area contributed by atoms with Gasteiger partial charge in [0.1, 0.15) is 0 Å². The van der Waals surface area contributed by atoms with Crippen LogP contribution < -0.4 is 0 Å². The maximum Gasteiger partial charge on any atom is 0.373 e. The summed E-state index contributed by atoms with van der Waals surface area (Å²) in [6, 6.07) is 0. The standard InChI is InChI=1S/C8H10O4.C4H10O3/c1-5(2)7(9)12-6(3)8(10)11-4;5-1-3-7-4-2-6/h1,3H2,2,4H3;5-6H,1-4H2. The SMILES string of the molecule is C=C(C)C(=O)OC(=C)C(=O)OC.OCCOCCO. The van der Waals surface area contributed by atoms with Crippen LogP contribution in [0.4, 0.5) is 0 Å². The Hall–Kier alpha value is -1.70. The van der Waals surface area contributed by atoms with Crippen molar-refractivity contribution >= 4 is 11.9 Å². The van der Waals surface area contributed by atoms with Gasteiger partial charge in [-0.05, 0) is 13.5 Å². The van der Waals surface area contributed by atoms with E-state index in [0.717, 1.165) is 0 Å². The zero-order valence-corrected chi connectivity index (χ0v) is 11.2. The molecule has 0 heterocycles. The normalized spacial score (nSPS) is 8.84. The second-order valence-electron chi connectivity index (χ2n) is 3.14. The van der Waals surface area contributed by atoms with E-state index >= 15 is 0 Å². The Balaban J connectivity index is 0. The summed E-state index contributed by atoms with van der Waals surface area (Å²) in [6.07, 6.45) is 0. The molecule has 0 aromatic heterocycles. The fourth-order valence-electron chi connectivity index (χ4n) is 0.586. The summed E-state index contributed by atoms with van der Waals surface area (Å²) in [5.41, 5.74) is 0.194. The van der Waals surface area contributed by atoms with Gasteiger partial charge >= 0.3 is 11.9 Å². The van der Waals surface area contributed by atoms with E-state index in [-0.39, 0.29) is 24.5 Å². The van der Waals surface area contributed by atoms with Gasteiger partial charge in [0.15, 0.2) is 0 Å². The Labute approximate surface area is 112 Å². The molecule has 0 atom stereocenters. The van der Waals surface area contributed by atoms with Gasteiger partial charge in [-0.1, -0.05) is 6.58 Å². The van der Waals surface area contributed by atoms with Gasteiger partial charge in [0, 0.05) is 5.57 Å². The summed E-state index contributed by atoms with van der Waals surface area (Å²) in [5.74, 6) is -1.81. The van der Waals surface area contributed by atoms with Crippen LogP contribution in [0.25, 0.3) is 0 Å². The van der Waals surface area contributed by atoms with Crippen molar-refractivity contribution in [1.29, 1.82) is 0 Å². The summed E-state index contributed by atoms with van der Waals surface area (Å²) >= 11 is 0. The number of hydrogen-bond donors (Lipinski definition) is 2. The van der Waals surface area contributed by atoms with E-state index in [0.29, 0.717) is 13.2 Å². The second-order valence-corrected chi connectivity index (χ2v) is 3.14. The first-order chi connectivity index (χ1) is 8.90. The summed E-state index contributed by atoms with van der Waals surface area (Å²) in [6.45, 7) is 8.68. The molecule has 7 heteroatoms. The minimum absolute atomic E-state index is 0.0278. The predicted molar refractivity (Wildman–Crippen MR) is 67.1 cm³/mol. The van der Waals surface area contributed by atoms with Crippen molar-refractivity contribution in [3.8, 4) is 0 Å². The van der Waals surface area contributed by atoms with E-state index < -0.39 is 11.9 Å². The molecule has 0 bridgehead atoms. The first kappa shape index (κ1) is 19.6. The molecule has 110 valence electrons. The number of esters is 2. The van der Waals surface area contributed by atoms with Gasteiger partial charge in [0.2, 0.25) is 5.76 Å². The monoisotopic (exact) mass is 276 g/mol. The number of aliphatic hydroxyl groups is 2. The maximum absolute atomic E-state index is 10.8. The molecule has 0 fully saturated rings. The van der Waals surface area contributed by atoms with Crippen LogP contribution in [-0.4, -0.2) is 55.7 Å². The minimum atomic E-state index is -0.774. The topological polar surface area (TPSA) is 102 Å². The van der Waals surface area contributed by atoms with E-state index in [1.54, 1.807) is 0 Å². The van der Waals surface area contributed by atoms with Gasteiger partial charge in [-0.25, -0.2) is 9.59 Å². The van der Waals surface area contributed by atoms with Crippen LogP contribution in [-0.2, 0) is 23.8 Å². The van der Waals surface area contributed by atoms with E-state index in [1.807, 2.05) is 0 Å². The number of methoxy groups -OCH3 is 1. The van der Waals surface area contributed by atoms with E-state index in [9.17, 15) is 9.59 Å². The first-order valence-corrected chi connectivity index (χ1v) is 5.35. The number of ether oxygens (including phenoxy) is 3. The largest absolute Gasteiger partial charge is 0.463 e. The third kappa shape index (κ3) is 12.5. The quantitative estimate of drug-likeness (QED) is 0.287. The average Bonchev–Trinajstić information content (AvgIpc) is 2.38. The molecule has 0 amide bonds. The van der Waals surface area contributed by atoms with Crippen LogP contribution in [0.2, 0.25) is 0 Å². The van der Waals surface area contributed by atoms with Crippen molar-refractivity contribution in [1.82, 2.24) is 0 Å². The highest BCUT2D eigenvalue weighted by Crippen LogP contribution is 2.01. The molecule has 0 aliphatic carbocycles. The van der Waals surface area contributed by atoms with Crippen LogP contribution >= 0.6 is 0 Å². The van der Waals surface area contributed by atoms with Crippen LogP contribution in [0.1, 0.15) is 6.92 Å². The fourth-order valence-corrected chi connectivity index (χ4v) is 0.586. The van der Waals surface area contributed by atoms with Crippen LogP contribution in [0.15, 0.2) is 24.5 Å². The van der Waals surface area contributed by atoms with Crippen LogP contribution in [0.3, 0.4) is 0 Å². The summed E-state index contributed by atoms with van der Waals surface area (Å²) in [7, 11) is 1.17. The van der Waals surface area contributed by atoms with Gasteiger partial charge in [0.25, 0.3) is 0 Å². The molecule has 19 heavy (non-hydrogen) atoms. The van der Waals surface area contributed by atoms with Gasteiger partial charge in [-0.3, -0.25) is 0 Å². The molecule has 0 aliphatic rings. The molecule has 7 nitrogen and oxygen atoms in total. The molecule has 0 saturated carbocycles. The maximum atomic E-state index is 10.8. The Morgan fingerprint density at radius 1 is 1.05 bits per heavy atom. The molecule has 2 N–H and O–H groups in total. The van der Waals surface area contributed by atoms with Gasteiger partial charge in [0.05, 0.1) is 33.5 Å². The Bertz CT molecular complexity index is 305.